The van der Waals surface area contributed by atoms with Gasteiger partial charge in [-0.05, 0) is 23.8 Å². The molecule has 0 saturated heterocycles. The van der Waals surface area contributed by atoms with Crippen LogP contribution in [0.5, 0.6) is 0 Å². The first-order chi connectivity index (χ1) is 10.3. The second kappa shape index (κ2) is 7.28. The Morgan fingerprint density at radius 2 is 2.05 bits per heavy atom. The van der Waals surface area contributed by atoms with Gasteiger partial charge in [0.05, 0.1) is 28.8 Å². The monoisotopic (exact) mass is 296 g/mol. The number of aromatic nitrogens is 1. The van der Waals surface area contributed by atoms with Crippen LogP contribution in [-0.2, 0) is 6.54 Å². The number of hydrogen-bond acceptors (Lipinski definition) is 4. The molecule has 0 spiro atoms. The zero-order valence-corrected chi connectivity index (χ0v) is 12.1. The van der Waals surface area contributed by atoms with Gasteiger partial charge in [-0.2, -0.15) is 10.5 Å². The van der Waals surface area contributed by atoms with E-state index in [1.807, 2.05) is 23.1 Å². The van der Waals surface area contributed by atoms with Crippen molar-refractivity contribution in [3.8, 4) is 12.1 Å². The molecule has 5 heteroatoms. The molecule has 0 aliphatic carbocycles. The molecule has 0 aliphatic rings. The Bertz CT molecular complexity index is 686. The van der Waals surface area contributed by atoms with Gasteiger partial charge in [-0.25, -0.2) is 0 Å². The van der Waals surface area contributed by atoms with Crippen LogP contribution in [0.4, 0.5) is 5.69 Å². The molecule has 2 aromatic rings. The van der Waals surface area contributed by atoms with Crippen molar-refractivity contribution in [2.24, 2.45) is 0 Å². The van der Waals surface area contributed by atoms with Crippen molar-refractivity contribution in [1.29, 1.82) is 10.5 Å². The number of nitriles is 2. The lowest BCUT2D eigenvalue weighted by Gasteiger charge is -2.25. The van der Waals surface area contributed by atoms with Crippen LogP contribution in [-0.4, -0.2) is 11.5 Å². The third-order valence-electron chi connectivity index (χ3n) is 3.03. The first kappa shape index (κ1) is 14.8. The lowest BCUT2D eigenvalue weighted by Crippen LogP contribution is -2.24. The number of benzene rings is 1. The van der Waals surface area contributed by atoms with E-state index in [-0.39, 0.29) is 0 Å². The SMILES string of the molecule is N#CCCN(Cc1cccnc1)c1cccc(Cl)c1C#N. The predicted molar refractivity (Wildman–Crippen MR) is 81.7 cm³/mol. The van der Waals surface area contributed by atoms with Crippen molar-refractivity contribution in [3.05, 3.63) is 58.9 Å². The summed E-state index contributed by atoms with van der Waals surface area (Å²) in [5.74, 6) is 0. The second-order valence-corrected chi connectivity index (χ2v) is 4.84. The van der Waals surface area contributed by atoms with Crippen LogP contribution in [0, 0.1) is 22.7 Å². The molecule has 0 unspecified atom stereocenters. The van der Waals surface area contributed by atoms with E-state index in [0.717, 1.165) is 11.3 Å². The minimum absolute atomic E-state index is 0.373. The Hall–Kier alpha value is -2.56. The van der Waals surface area contributed by atoms with Gasteiger partial charge in [0.15, 0.2) is 0 Å². The smallest absolute Gasteiger partial charge is 0.103 e. The first-order valence-electron chi connectivity index (χ1n) is 6.45. The highest BCUT2D eigenvalue weighted by Crippen LogP contribution is 2.28. The molecule has 0 N–H and O–H groups in total. The lowest BCUT2D eigenvalue weighted by molar-refractivity contribution is 0.794. The Kier molecular flexibility index (Phi) is 5.15. The van der Waals surface area contributed by atoms with Crippen molar-refractivity contribution in [2.45, 2.75) is 13.0 Å². The molecule has 0 fully saturated rings. The molecule has 104 valence electrons. The molecule has 1 heterocycles. The van der Waals surface area contributed by atoms with E-state index >= 15 is 0 Å². The minimum atomic E-state index is 0.373. The van der Waals surface area contributed by atoms with Crippen LogP contribution in [0.25, 0.3) is 0 Å². The number of nitrogens with zero attached hydrogens (tertiary/aromatic N) is 4. The first-order valence-corrected chi connectivity index (χ1v) is 6.83. The summed E-state index contributed by atoms with van der Waals surface area (Å²) in [5, 5.41) is 18.5. The highest BCUT2D eigenvalue weighted by Gasteiger charge is 2.14. The largest absolute Gasteiger partial charge is 0.365 e. The zero-order chi connectivity index (χ0) is 15.1. The standard InChI is InChI=1S/C16H13ClN4/c17-15-5-1-6-16(14(15)10-19)21(9-3-7-18)12-13-4-2-8-20-11-13/h1-2,4-6,8,11H,3,9,12H2. The molecule has 21 heavy (non-hydrogen) atoms. The number of halogens is 1. The van der Waals surface area contributed by atoms with Crippen LogP contribution in [0.2, 0.25) is 5.02 Å². The van der Waals surface area contributed by atoms with E-state index in [4.69, 9.17) is 16.9 Å². The van der Waals surface area contributed by atoms with Crippen LogP contribution >= 0.6 is 11.6 Å². The number of anilines is 1. The zero-order valence-electron chi connectivity index (χ0n) is 11.3. The normalized spacial score (nSPS) is 9.67. The molecule has 1 aromatic carbocycles. The Morgan fingerprint density at radius 3 is 2.71 bits per heavy atom. The van der Waals surface area contributed by atoms with Crippen LogP contribution in [0.3, 0.4) is 0 Å². The summed E-state index contributed by atoms with van der Waals surface area (Å²) >= 11 is 6.08. The third-order valence-corrected chi connectivity index (χ3v) is 3.35. The van der Waals surface area contributed by atoms with Crippen molar-refractivity contribution in [3.63, 3.8) is 0 Å². The van der Waals surface area contributed by atoms with Crippen molar-refractivity contribution in [2.75, 3.05) is 11.4 Å². The maximum Gasteiger partial charge on any atom is 0.103 e. The molecule has 1 aromatic heterocycles. The summed E-state index contributed by atoms with van der Waals surface area (Å²) in [6.07, 6.45) is 3.86. The van der Waals surface area contributed by atoms with Gasteiger partial charge in [0, 0.05) is 25.5 Å². The van der Waals surface area contributed by atoms with Gasteiger partial charge in [0.25, 0.3) is 0 Å². The summed E-state index contributed by atoms with van der Waals surface area (Å²) in [5.41, 5.74) is 2.18. The molecule has 0 atom stereocenters. The lowest BCUT2D eigenvalue weighted by atomic mass is 10.1. The van der Waals surface area contributed by atoms with Gasteiger partial charge in [-0.1, -0.05) is 23.7 Å². The molecule has 0 saturated carbocycles. The van der Waals surface area contributed by atoms with E-state index < -0.39 is 0 Å². The summed E-state index contributed by atoms with van der Waals surface area (Å²) in [6, 6.07) is 13.4. The molecule has 0 aliphatic heterocycles. The Morgan fingerprint density at radius 1 is 1.19 bits per heavy atom. The number of hydrogen-bond donors (Lipinski definition) is 0. The molecule has 0 radical (unpaired) electrons. The van der Waals surface area contributed by atoms with Gasteiger partial charge in [0.1, 0.15) is 6.07 Å². The fourth-order valence-corrected chi connectivity index (χ4v) is 2.28. The molecule has 0 bridgehead atoms. The molecule has 2 rings (SSSR count). The van der Waals surface area contributed by atoms with Crippen LogP contribution in [0.15, 0.2) is 42.7 Å². The van der Waals surface area contributed by atoms with Gasteiger partial charge in [-0.3, -0.25) is 4.98 Å². The minimum Gasteiger partial charge on any atom is -0.365 e. The predicted octanol–water partition coefficient (Wildman–Crippen LogP) is 3.53. The fraction of sp³-hybridized carbons (Fsp3) is 0.188. The van der Waals surface area contributed by atoms with Crippen molar-refractivity contribution < 1.29 is 0 Å². The van der Waals surface area contributed by atoms with E-state index in [9.17, 15) is 5.26 Å². The summed E-state index contributed by atoms with van der Waals surface area (Å²) in [7, 11) is 0. The number of rotatable bonds is 5. The maximum absolute atomic E-state index is 9.30. The average Bonchev–Trinajstić information content (AvgIpc) is 2.52. The summed E-state index contributed by atoms with van der Waals surface area (Å²) in [4.78, 5) is 6.07. The molecule has 4 nitrogen and oxygen atoms in total. The topological polar surface area (TPSA) is 63.7 Å². The second-order valence-electron chi connectivity index (χ2n) is 4.44. The van der Waals surface area contributed by atoms with Crippen LogP contribution < -0.4 is 4.90 Å². The van der Waals surface area contributed by atoms with Gasteiger partial charge >= 0.3 is 0 Å². The van der Waals surface area contributed by atoms with Gasteiger partial charge in [0.2, 0.25) is 0 Å². The summed E-state index contributed by atoms with van der Waals surface area (Å²) in [6.45, 7) is 1.10. The fourth-order valence-electron chi connectivity index (χ4n) is 2.07. The third kappa shape index (κ3) is 3.72. The maximum atomic E-state index is 9.30. The Balaban J connectivity index is 2.35. The van der Waals surface area contributed by atoms with Crippen molar-refractivity contribution in [1.82, 2.24) is 4.98 Å². The van der Waals surface area contributed by atoms with E-state index in [1.54, 1.807) is 24.5 Å². The quantitative estimate of drug-likeness (QED) is 0.846. The number of pyridine rings is 1. The van der Waals surface area contributed by atoms with Gasteiger partial charge < -0.3 is 4.90 Å². The van der Waals surface area contributed by atoms with Gasteiger partial charge in [-0.15, -0.1) is 0 Å². The molecular weight excluding hydrogens is 284 g/mol. The summed E-state index contributed by atoms with van der Waals surface area (Å²) < 4.78 is 0. The van der Waals surface area contributed by atoms with E-state index in [2.05, 4.69) is 17.1 Å². The average molecular weight is 297 g/mol. The van der Waals surface area contributed by atoms with Crippen LogP contribution in [0.1, 0.15) is 17.5 Å². The van der Waals surface area contributed by atoms with E-state index in [0.29, 0.717) is 30.1 Å². The van der Waals surface area contributed by atoms with E-state index in [1.165, 1.54) is 0 Å². The molecule has 0 amide bonds. The van der Waals surface area contributed by atoms with Crippen molar-refractivity contribution >= 4 is 17.3 Å². The highest BCUT2D eigenvalue weighted by atomic mass is 35.5. The molecular formula is C16H13ClN4. The Labute approximate surface area is 128 Å². The highest BCUT2D eigenvalue weighted by molar-refractivity contribution is 6.32.